The first-order valence-electron chi connectivity index (χ1n) is 12.7. The molecule has 0 amide bonds. The topological polar surface area (TPSA) is 56.3 Å². The third-order valence-corrected chi connectivity index (χ3v) is 12.5. The van der Waals surface area contributed by atoms with Crippen molar-refractivity contribution >= 4 is 19.4 Å². The Bertz CT molecular complexity index is 1110. The number of nitrogens with zero attached hydrogens (tertiary/aromatic N) is 4. The van der Waals surface area contributed by atoms with E-state index in [9.17, 15) is 0 Å². The molecule has 0 saturated carbocycles. The van der Waals surface area contributed by atoms with Crippen LogP contribution in [-0.2, 0) is 10.8 Å². The molecule has 3 heterocycles. The summed E-state index contributed by atoms with van der Waals surface area (Å²) in [5.41, 5.74) is 5.45. The lowest BCUT2D eigenvalue weighted by molar-refractivity contribution is 0.220. The van der Waals surface area contributed by atoms with E-state index in [2.05, 4.69) is 73.7 Å². The molecule has 0 aliphatic carbocycles. The molecule has 34 heavy (non-hydrogen) atoms. The number of fused-ring (bicyclic) bond motifs is 1. The molecule has 0 spiro atoms. The molecule has 1 aromatic carbocycles. The van der Waals surface area contributed by atoms with Crippen LogP contribution >= 0.6 is 0 Å². The molecular weight excluding hydrogens is 440 g/mol. The number of imidazole rings is 1. The molecule has 0 unspecified atom stereocenters. The number of hydrogen-bond acceptors (Lipinski definition) is 5. The van der Waals surface area contributed by atoms with Crippen LogP contribution in [0.15, 0.2) is 22.7 Å². The maximum absolute atomic E-state index is 6.46. The Morgan fingerprint density at radius 3 is 2.47 bits per heavy atom. The first-order valence-corrected chi connectivity index (χ1v) is 15.7. The van der Waals surface area contributed by atoms with Crippen LogP contribution in [0, 0.1) is 13.8 Å². The van der Waals surface area contributed by atoms with E-state index < -0.39 is 8.32 Å². The number of likely N-dealkylation sites (tertiary alicyclic amines) is 1. The zero-order valence-corrected chi connectivity index (χ0v) is 23.4. The Hall–Kier alpha value is -1.96. The Labute approximate surface area is 205 Å². The van der Waals surface area contributed by atoms with E-state index in [-0.39, 0.29) is 5.04 Å². The highest BCUT2D eigenvalue weighted by Crippen LogP contribution is 2.37. The fourth-order valence-corrected chi connectivity index (χ4v) is 5.90. The predicted molar refractivity (Wildman–Crippen MR) is 142 cm³/mol. The van der Waals surface area contributed by atoms with E-state index in [1.807, 2.05) is 13.8 Å². The van der Waals surface area contributed by atoms with Gasteiger partial charge in [-0.3, -0.25) is 0 Å². The summed E-state index contributed by atoms with van der Waals surface area (Å²) in [5, 5.41) is 4.39. The number of rotatable bonds is 7. The minimum absolute atomic E-state index is 0.239. The molecule has 0 atom stereocenters. The first-order chi connectivity index (χ1) is 16.0. The summed E-state index contributed by atoms with van der Waals surface area (Å²) in [5.74, 6) is 2.05. The van der Waals surface area contributed by atoms with Gasteiger partial charge in [0.15, 0.2) is 8.32 Å². The first kappa shape index (κ1) is 25.1. The summed E-state index contributed by atoms with van der Waals surface area (Å²) in [7, 11) is 0.494. The number of piperidine rings is 1. The van der Waals surface area contributed by atoms with Gasteiger partial charge in [0.1, 0.15) is 11.6 Å². The third kappa shape index (κ3) is 5.02. The zero-order valence-electron chi connectivity index (χ0n) is 22.4. The highest BCUT2D eigenvalue weighted by Gasteiger charge is 2.36. The average Bonchev–Trinajstić information content (AvgIpc) is 3.29. The molecule has 6 nitrogen and oxygen atoms in total. The van der Waals surface area contributed by atoms with E-state index >= 15 is 0 Å². The highest BCUT2D eigenvalue weighted by atomic mass is 28.4. The van der Waals surface area contributed by atoms with E-state index in [0.717, 1.165) is 60.6 Å². The average molecular weight is 483 g/mol. The van der Waals surface area contributed by atoms with Crippen molar-refractivity contribution in [1.82, 2.24) is 19.6 Å². The van der Waals surface area contributed by atoms with Crippen LogP contribution in [0.3, 0.4) is 0 Å². The van der Waals surface area contributed by atoms with Crippen molar-refractivity contribution in [3.63, 3.8) is 0 Å². The fraction of sp³-hybridized carbons (Fsp3) is 0.630. The van der Waals surface area contributed by atoms with Gasteiger partial charge < -0.3 is 18.4 Å². The number of aromatic nitrogens is 3. The molecule has 4 rings (SSSR count). The van der Waals surface area contributed by atoms with Gasteiger partial charge in [0.05, 0.1) is 16.7 Å². The lowest BCUT2D eigenvalue weighted by Gasteiger charge is -2.36. The summed E-state index contributed by atoms with van der Waals surface area (Å²) < 4.78 is 14.4. The van der Waals surface area contributed by atoms with Crippen LogP contribution in [0.5, 0.6) is 0 Å². The molecule has 0 bridgehead atoms. The molecule has 7 heteroatoms. The van der Waals surface area contributed by atoms with Crippen LogP contribution in [0.1, 0.15) is 63.4 Å². The van der Waals surface area contributed by atoms with Crippen molar-refractivity contribution in [3.05, 3.63) is 35.5 Å². The maximum Gasteiger partial charge on any atom is 0.191 e. The van der Waals surface area contributed by atoms with E-state index in [0.29, 0.717) is 6.04 Å². The summed E-state index contributed by atoms with van der Waals surface area (Å²) in [6.45, 7) is 18.6. The summed E-state index contributed by atoms with van der Waals surface area (Å²) in [6.07, 6.45) is 4.28. The van der Waals surface area contributed by atoms with Crippen molar-refractivity contribution in [2.75, 3.05) is 26.7 Å². The molecule has 0 N–H and O–H groups in total. The van der Waals surface area contributed by atoms with Crippen molar-refractivity contribution < 1.29 is 8.95 Å². The van der Waals surface area contributed by atoms with Crippen molar-refractivity contribution in [2.45, 2.75) is 84.5 Å². The minimum atomic E-state index is -1.73. The second kappa shape index (κ2) is 9.59. The van der Waals surface area contributed by atoms with Crippen molar-refractivity contribution in [2.24, 2.45) is 0 Å². The molecule has 1 aliphatic heterocycles. The summed E-state index contributed by atoms with van der Waals surface area (Å²) in [6, 6.07) is 7.16. The normalized spacial score (nSPS) is 16.6. The van der Waals surface area contributed by atoms with Crippen LogP contribution in [0.25, 0.3) is 22.2 Å². The van der Waals surface area contributed by atoms with Gasteiger partial charge >= 0.3 is 0 Å². The van der Waals surface area contributed by atoms with Gasteiger partial charge in [-0.1, -0.05) is 32.0 Å². The Balaban J connectivity index is 1.62. The zero-order chi connectivity index (χ0) is 24.7. The standard InChI is InChI=1S/C27H42N4O2Si/c1-19-26(20(2)33-29-19)21-11-12-24-23(18-21)28-25(31(24)22-13-15-30(6)16-14-22)10-9-17-32-34(7,8)27(3,4)5/h11-12,18,22H,9-10,13-17H2,1-8H3. The van der Waals surface area contributed by atoms with Crippen molar-refractivity contribution in [3.8, 4) is 11.1 Å². The van der Waals surface area contributed by atoms with E-state index in [1.54, 1.807) is 0 Å². The quantitative estimate of drug-likeness (QED) is 0.283. The summed E-state index contributed by atoms with van der Waals surface area (Å²) in [4.78, 5) is 7.60. The van der Waals surface area contributed by atoms with Crippen LogP contribution in [-0.4, -0.2) is 54.7 Å². The highest BCUT2D eigenvalue weighted by molar-refractivity contribution is 6.74. The lowest BCUT2D eigenvalue weighted by atomic mass is 10.0. The van der Waals surface area contributed by atoms with Gasteiger partial charge in [0.2, 0.25) is 0 Å². The molecule has 0 radical (unpaired) electrons. The van der Waals surface area contributed by atoms with Gasteiger partial charge in [-0.05, 0) is 89.1 Å². The van der Waals surface area contributed by atoms with Crippen LogP contribution < -0.4 is 0 Å². The lowest BCUT2D eigenvalue weighted by Crippen LogP contribution is -2.41. The number of aryl methyl sites for hydroxylation is 3. The summed E-state index contributed by atoms with van der Waals surface area (Å²) >= 11 is 0. The van der Waals surface area contributed by atoms with Crippen LogP contribution in [0.4, 0.5) is 0 Å². The molecule has 1 fully saturated rings. The second-order valence-electron chi connectivity index (χ2n) is 11.5. The van der Waals surface area contributed by atoms with Gasteiger partial charge in [0, 0.05) is 24.6 Å². The van der Waals surface area contributed by atoms with Gasteiger partial charge in [0.25, 0.3) is 0 Å². The molecule has 3 aromatic rings. The Morgan fingerprint density at radius 2 is 1.85 bits per heavy atom. The molecule has 2 aromatic heterocycles. The van der Waals surface area contributed by atoms with E-state index in [1.165, 1.54) is 24.2 Å². The molecule has 1 aliphatic rings. The largest absolute Gasteiger partial charge is 0.417 e. The Kier molecular flexibility index (Phi) is 7.09. The Morgan fingerprint density at radius 1 is 1.15 bits per heavy atom. The number of hydrogen-bond donors (Lipinski definition) is 0. The maximum atomic E-state index is 6.46. The van der Waals surface area contributed by atoms with Gasteiger partial charge in [-0.2, -0.15) is 0 Å². The van der Waals surface area contributed by atoms with Gasteiger partial charge in [-0.25, -0.2) is 4.98 Å². The van der Waals surface area contributed by atoms with Crippen LogP contribution in [0.2, 0.25) is 18.1 Å². The second-order valence-corrected chi connectivity index (χ2v) is 16.4. The van der Waals surface area contributed by atoms with Gasteiger partial charge in [-0.15, -0.1) is 0 Å². The predicted octanol–water partition coefficient (Wildman–Crippen LogP) is 6.53. The van der Waals surface area contributed by atoms with E-state index in [4.69, 9.17) is 13.9 Å². The number of benzene rings is 1. The smallest absolute Gasteiger partial charge is 0.191 e. The van der Waals surface area contributed by atoms with Crippen molar-refractivity contribution in [1.29, 1.82) is 0 Å². The molecule has 1 saturated heterocycles. The monoisotopic (exact) mass is 482 g/mol. The SMILES string of the molecule is Cc1noc(C)c1-c1ccc2c(c1)nc(CCCO[Si](C)(C)C(C)(C)C)n2C1CCN(C)CC1. The molecule has 186 valence electrons. The third-order valence-electron chi connectivity index (χ3n) is 7.95. The fourth-order valence-electron chi connectivity index (χ4n) is 4.81. The minimum Gasteiger partial charge on any atom is -0.417 e. The molecular formula is C27H42N4O2Si.